The van der Waals surface area contributed by atoms with Crippen LogP contribution >= 0.6 is 0 Å². The largest absolute Gasteiger partial charge is 0.356 e. The Morgan fingerprint density at radius 2 is 2.67 bits per heavy atom. The fourth-order valence-electron chi connectivity index (χ4n) is 0.500. The van der Waals surface area contributed by atoms with Gasteiger partial charge in [-0.05, 0) is 0 Å². The molecule has 0 unspecified atom stereocenters. The first kappa shape index (κ1) is 5.63. The molecule has 0 aliphatic heterocycles. The lowest BCUT2D eigenvalue weighted by Crippen LogP contribution is -1.86. The molecule has 0 saturated carbocycles. The first-order valence-corrected chi connectivity index (χ1v) is 2.41. The van der Waals surface area contributed by atoms with Crippen molar-refractivity contribution < 1.29 is 4.52 Å². The SMILES string of the molecule is CNc1oncc1C#N. The first-order chi connectivity index (χ1) is 4.38. The van der Waals surface area contributed by atoms with Gasteiger partial charge in [-0.15, -0.1) is 0 Å². The van der Waals surface area contributed by atoms with Crippen LogP contribution in [0.3, 0.4) is 0 Å². The summed E-state index contributed by atoms with van der Waals surface area (Å²) in [6.45, 7) is 0. The molecule has 1 aromatic rings. The van der Waals surface area contributed by atoms with Crippen molar-refractivity contribution in [2.75, 3.05) is 12.4 Å². The Balaban J connectivity index is 3.02. The fraction of sp³-hybridized carbons (Fsp3) is 0.200. The van der Waals surface area contributed by atoms with Crippen LogP contribution in [0.4, 0.5) is 5.88 Å². The van der Waals surface area contributed by atoms with E-state index >= 15 is 0 Å². The third kappa shape index (κ3) is 0.842. The maximum atomic E-state index is 8.35. The second-order valence-electron chi connectivity index (χ2n) is 1.43. The molecule has 0 spiro atoms. The van der Waals surface area contributed by atoms with E-state index in [1.54, 1.807) is 7.05 Å². The van der Waals surface area contributed by atoms with E-state index in [4.69, 9.17) is 5.26 Å². The minimum absolute atomic E-state index is 0.414. The average molecular weight is 123 g/mol. The number of aromatic nitrogens is 1. The molecule has 9 heavy (non-hydrogen) atoms. The summed E-state index contributed by atoms with van der Waals surface area (Å²) in [6, 6.07) is 1.91. The third-order valence-corrected chi connectivity index (χ3v) is 0.918. The van der Waals surface area contributed by atoms with Crippen molar-refractivity contribution >= 4 is 5.88 Å². The van der Waals surface area contributed by atoms with E-state index in [0.29, 0.717) is 11.4 Å². The zero-order chi connectivity index (χ0) is 6.69. The van der Waals surface area contributed by atoms with Crippen molar-refractivity contribution in [1.29, 1.82) is 5.26 Å². The van der Waals surface area contributed by atoms with Gasteiger partial charge in [0.1, 0.15) is 11.6 Å². The van der Waals surface area contributed by atoms with Gasteiger partial charge in [-0.3, -0.25) is 0 Å². The number of rotatable bonds is 1. The summed E-state index contributed by atoms with van der Waals surface area (Å²) in [5.41, 5.74) is 0.428. The van der Waals surface area contributed by atoms with Crippen molar-refractivity contribution in [2.45, 2.75) is 0 Å². The monoisotopic (exact) mass is 123 g/mol. The number of nitrogens with one attached hydrogen (secondary N) is 1. The summed E-state index contributed by atoms with van der Waals surface area (Å²) < 4.78 is 4.62. The second-order valence-corrected chi connectivity index (χ2v) is 1.43. The van der Waals surface area contributed by atoms with Gasteiger partial charge in [0, 0.05) is 7.05 Å². The molecule has 1 rings (SSSR count). The summed E-state index contributed by atoms with van der Waals surface area (Å²) in [7, 11) is 1.67. The van der Waals surface area contributed by atoms with Gasteiger partial charge in [-0.1, -0.05) is 5.16 Å². The zero-order valence-corrected chi connectivity index (χ0v) is 4.88. The van der Waals surface area contributed by atoms with Gasteiger partial charge >= 0.3 is 0 Å². The molecule has 1 N–H and O–H groups in total. The van der Waals surface area contributed by atoms with Crippen LogP contribution in [0, 0.1) is 11.3 Å². The van der Waals surface area contributed by atoms with E-state index in [1.165, 1.54) is 6.20 Å². The molecular weight excluding hydrogens is 118 g/mol. The fourth-order valence-corrected chi connectivity index (χ4v) is 0.500. The molecule has 0 atom stereocenters. The first-order valence-electron chi connectivity index (χ1n) is 2.41. The number of hydrogen-bond donors (Lipinski definition) is 1. The van der Waals surface area contributed by atoms with E-state index in [2.05, 4.69) is 15.0 Å². The van der Waals surface area contributed by atoms with Crippen molar-refractivity contribution in [3.63, 3.8) is 0 Å². The number of nitriles is 1. The summed E-state index contributed by atoms with van der Waals surface area (Å²) in [6.07, 6.45) is 1.37. The smallest absolute Gasteiger partial charge is 0.242 e. The Kier molecular flexibility index (Phi) is 1.36. The maximum absolute atomic E-state index is 8.35. The van der Waals surface area contributed by atoms with E-state index in [-0.39, 0.29) is 0 Å². The van der Waals surface area contributed by atoms with Crippen LogP contribution < -0.4 is 5.32 Å². The van der Waals surface area contributed by atoms with Crippen LogP contribution in [0.25, 0.3) is 0 Å². The minimum atomic E-state index is 0.414. The average Bonchev–Trinajstić information content (AvgIpc) is 2.33. The van der Waals surface area contributed by atoms with Crippen LogP contribution in [0.2, 0.25) is 0 Å². The number of anilines is 1. The summed E-state index contributed by atoms with van der Waals surface area (Å²) in [4.78, 5) is 0. The van der Waals surface area contributed by atoms with E-state index in [1.807, 2.05) is 6.07 Å². The molecule has 1 heterocycles. The highest BCUT2D eigenvalue weighted by Crippen LogP contribution is 2.10. The van der Waals surface area contributed by atoms with Crippen LogP contribution in [0.1, 0.15) is 5.56 Å². The molecule has 0 aliphatic carbocycles. The van der Waals surface area contributed by atoms with Crippen LogP contribution in [0.15, 0.2) is 10.7 Å². The van der Waals surface area contributed by atoms with E-state index in [0.717, 1.165) is 0 Å². The Hall–Kier alpha value is -1.50. The standard InChI is InChI=1S/C5H5N3O/c1-7-5-4(2-6)3-8-9-5/h3,7H,1H3. The molecule has 0 aliphatic rings. The lowest BCUT2D eigenvalue weighted by molar-refractivity contribution is 0.434. The van der Waals surface area contributed by atoms with Crippen molar-refractivity contribution in [3.05, 3.63) is 11.8 Å². The summed E-state index contributed by atoms with van der Waals surface area (Å²) >= 11 is 0. The van der Waals surface area contributed by atoms with Crippen LogP contribution in [0.5, 0.6) is 0 Å². The lowest BCUT2D eigenvalue weighted by Gasteiger charge is -1.86. The van der Waals surface area contributed by atoms with E-state index in [9.17, 15) is 0 Å². The molecule has 0 bridgehead atoms. The molecule has 1 aromatic heterocycles. The van der Waals surface area contributed by atoms with Gasteiger partial charge in [-0.2, -0.15) is 5.26 Å². The lowest BCUT2D eigenvalue weighted by atomic mass is 10.4. The Morgan fingerprint density at radius 1 is 1.89 bits per heavy atom. The molecule has 46 valence electrons. The summed E-state index contributed by atoms with van der Waals surface area (Å²) in [5, 5.41) is 14.4. The highest BCUT2D eigenvalue weighted by atomic mass is 16.5. The van der Waals surface area contributed by atoms with Crippen LogP contribution in [-0.4, -0.2) is 12.2 Å². The summed E-state index contributed by atoms with van der Waals surface area (Å²) in [5.74, 6) is 0.414. The molecule has 0 radical (unpaired) electrons. The minimum Gasteiger partial charge on any atom is -0.356 e. The zero-order valence-electron chi connectivity index (χ0n) is 4.88. The van der Waals surface area contributed by atoms with Gasteiger partial charge < -0.3 is 9.84 Å². The molecule has 0 fully saturated rings. The molecule has 4 heteroatoms. The highest BCUT2D eigenvalue weighted by Gasteiger charge is 2.01. The van der Waals surface area contributed by atoms with Gasteiger partial charge in [0.2, 0.25) is 5.88 Å². The predicted octanol–water partition coefficient (Wildman–Crippen LogP) is 0.588. The molecular formula is C5H5N3O. The molecule has 0 amide bonds. The topological polar surface area (TPSA) is 61.9 Å². The van der Waals surface area contributed by atoms with Gasteiger partial charge in [0.05, 0.1) is 6.20 Å². The second kappa shape index (κ2) is 2.18. The van der Waals surface area contributed by atoms with Crippen LogP contribution in [-0.2, 0) is 0 Å². The molecule has 0 aromatic carbocycles. The quantitative estimate of drug-likeness (QED) is 0.593. The van der Waals surface area contributed by atoms with Gasteiger partial charge in [-0.25, -0.2) is 0 Å². The van der Waals surface area contributed by atoms with E-state index < -0.39 is 0 Å². The number of nitrogens with zero attached hydrogens (tertiary/aromatic N) is 2. The van der Waals surface area contributed by atoms with Crippen molar-refractivity contribution in [1.82, 2.24) is 5.16 Å². The third-order valence-electron chi connectivity index (χ3n) is 0.918. The number of hydrogen-bond acceptors (Lipinski definition) is 4. The predicted molar refractivity (Wildman–Crippen MR) is 30.8 cm³/mol. The highest BCUT2D eigenvalue weighted by molar-refractivity contribution is 5.46. The van der Waals surface area contributed by atoms with Gasteiger partial charge in [0.25, 0.3) is 0 Å². The molecule has 0 saturated heterocycles. The maximum Gasteiger partial charge on any atom is 0.242 e. The Labute approximate surface area is 52.1 Å². The molecule has 4 nitrogen and oxygen atoms in total. The van der Waals surface area contributed by atoms with Crippen molar-refractivity contribution in [2.24, 2.45) is 0 Å². The Morgan fingerprint density at radius 3 is 3.11 bits per heavy atom. The Bertz CT molecular complexity index is 235. The normalized spacial score (nSPS) is 8.44. The van der Waals surface area contributed by atoms with Crippen molar-refractivity contribution in [3.8, 4) is 6.07 Å². The van der Waals surface area contributed by atoms with Gasteiger partial charge in [0.15, 0.2) is 0 Å².